The molecule has 0 unspecified atom stereocenters. The predicted octanol–water partition coefficient (Wildman–Crippen LogP) is 3.33. The van der Waals surface area contributed by atoms with E-state index in [1.54, 1.807) is 6.07 Å². The molecule has 0 aromatic heterocycles. The van der Waals surface area contributed by atoms with Crippen LogP contribution in [-0.4, -0.2) is 16.7 Å². The highest BCUT2D eigenvalue weighted by atomic mass is 35.5. The lowest BCUT2D eigenvalue weighted by Crippen LogP contribution is -2.37. The van der Waals surface area contributed by atoms with Gasteiger partial charge in [0.15, 0.2) is 0 Å². The quantitative estimate of drug-likeness (QED) is 0.497. The van der Waals surface area contributed by atoms with Gasteiger partial charge >= 0.3 is 0 Å². The summed E-state index contributed by atoms with van der Waals surface area (Å²) in [6, 6.07) is 10.9. The van der Waals surface area contributed by atoms with Crippen LogP contribution >= 0.6 is 11.6 Å². The van der Waals surface area contributed by atoms with Gasteiger partial charge in [0.25, 0.3) is 11.6 Å². The minimum absolute atomic E-state index is 0.0599. The number of anilines is 1. The van der Waals surface area contributed by atoms with Crippen LogP contribution in [-0.2, 0) is 4.79 Å². The lowest BCUT2D eigenvalue weighted by molar-refractivity contribution is -0.384. The Morgan fingerprint density at radius 1 is 1.19 bits per heavy atom. The fourth-order valence-electron chi connectivity index (χ4n) is 2.16. The average molecular weight is 389 g/mol. The zero-order chi connectivity index (χ0) is 20.0. The molecule has 0 heterocycles. The van der Waals surface area contributed by atoms with E-state index in [9.17, 15) is 19.7 Å². The normalized spacial score (nSPS) is 10.0. The molecule has 0 bridgehead atoms. The van der Waals surface area contributed by atoms with Gasteiger partial charge in [-0.25, -0.2) is 0 Å². The van der Waals surface area contributed by atoms with E-state index in [2.05, 4.69) is 22.7 Å². The van der Waals surface area contributed by atoms with E-state index in [1.807, 2.05) is 25.1 Å². The number of benzene rings is 2. The van der Waals surface area contributed by atoms with E-state index in [-0.39, 0.29) is 34.3 Å². The van der Waals surface area contributed by atoms with Crippen molar-refractivity contribution in [1.82, 2.24) is 10.9 Å². The molecule has 8 nitrogen and oxygen atoms in total. The summed E-state index contributed by atoms with van der Waals surface area (Å²) >= 11 is 5.78. The van der Waals surface area contributed by atoms with Crippen LogP contribution in [0.5, 0.6) is 0 Å². The zero-order valence-corrected chi connectivity index (χ0v) is 15.2. The van der Waals surface area contributed by atoms with Crippen LogP contribution in [0.4, 0.5) is 11.4 Å². The van der Waals surface area contributed by atoms with Crippen molar-refractivity contribution in [2.24, 2.45) is 0 Å². The molecular formula is C18H17ClN4O4. The summed E-state index contributed by atoms with van der Waals surface area (Å²) in [5.41, 5.74) is 6.61. The van der Waals surface area contributed by atoms with Gasteiger partial charge in [0, 0.05) is 23.0 Å². The largest absolute Gasteiger partial charge is 0.326 e. The number of hydrogen-bond donors (Lipinski definition) is 3. The summed E-state index contributed by atoms with van der Waals surface area (Å²) in [5.74, 6) is -0.873. The minimum Gasteiger partial charge on any atom is -0.326 e. The molecule has 27 heavy (non-hydrogen) atoms. The molecule has 0 atom stereocenters. The topological polar surface area (TPSA) is 113 Å². The second-order valence-corrected chi connectivity index (χ2v) is 6.05. The van der Waals surface area contributed by atoms with Crippen molar-refractivity contribution in [1.29, 1.82) is 0 Å². The summed E-state index contributed by atoms with van der Waals surface area (Å²) in [6.45, 7) is 5.55. The predicted molar refractivity (Wildman–Crippen MR) is 102 cm³/mol. The van der Waals surface area contributed by atoms with E-state index >= 15 is 0 Å². The van der Waals surface area contributed by atoms with E-state index in [1.165, 1.54) is 12.1 Å². The monoisotopic (exact) mass is 388 g/mol. The van der Waals surface area contributed by atoms with Crippen LogP contribution in [0.3, 0.4) is 0 Å². The maximum atomic E-state index is 12.1. The van der Waals surface area contributed by atoms with Gasteiger partial charge in [-0.2, -0.15) is 0 Å². The van der Waals surface area contributed by atoms with E-state index in [4.69, 9.17) is 11.6 Å². The number of halogens is 1. The second kappa shape index (κ2) is 8.81. The first-order valence-corrected chi connectivity index (χ1v) is 8.19. The molecule has 0 aliphatic rings. The van der Waals surface area contributed by atoms with Crippen molar-refractivity contribution >= 4 is 34.8 Å². The summed E-state index contributed by atoms with van der Waals surface area (Å²) in [7, 11) is 0. The molecule has 0 aliphatic carbocycles. The number of nitro groups is 1. The summed E-state index contributed by atoms with van der Waals surface area (Å²) in [6.07, 6.45) is -0.0599. The van der Waals surface area contributed by atoms with Gasteiger partial charge < -0.3 is 10.7 Å². The molecule has 0 fully saturated rings. The van der Waals surface area contributed by atoms with Crippen LogP contribution in [0, 0.1) is 17.0 Å². The molecule has 2 amide bonds. The van der Waals surface area contributed by atoms with Crippen LogP contribution < -0.4 is 16.2 Å². The zero-order valence-electron chi connectivity index (χ0n) is 14.4. The molecule has 140 valence electrons. The first-order valence-electron chi connectivity index (χ1n) is 7.81. The standard InChI is InChI=1S/C18H17ClN4O4/c1-11-5-3-4-6-15(11)20-17(24)9-12(2)21-22-18(25)13-7-8-16(23(26)27)14(19)10-13/h3-8,10,21H,2,9H2,1H3,(H,20,24)(H,22,25). The number of hydrazine groups is 1. The number of nitro benzene ring substituents is 1. The Kier molecular flexibility index (Phi) is 6.51. The number of amides is 2. The summed E-state index contributed by atoms with van der Waals surface area (Å²) in [5, 5.41) is 13.3. The Labute approximate surface area is 160 Å². The number of nitrogens with one attached hydrogen (secondary N) is 3. The van der Waals surface area contributed by atoms with Gasteiger partial charge in [0.05, 0.1) is 11.3 Å². The van der Waals surface area contributed by atoms with Crippen LogP contribution in [0.1, 0.15) is 22.3 Å². The number of nitrogens with zero attached hydrogens (tertiary/aromatic N) is 1. The number of carbonyl (C=O) groups is 2. The van der Waals surface area contributed by atoms with E-state index in [0.29, 0.717) is 5.69 Å². The van der Waals surface area contributed by atoms with Crippen LogP contribution in [0.15, 0.2) is 54.7 Å². The minimum atomic E-state index is -0.642. The molecule has 0 saturated heterocycles. The number of carbonyl (C=O) groups excluding carboxylic acids is 2. The molecule has 2 rings (SSSR count). The van der Waals surface area contributed by atoms with Crippen molar-refractivity contribution in [2.75, 3.05) is 5.32 Å². The SMILES string of the molecule is C=C(CC(=O)Nc1ccccc1C)NNC(=O)c1ccc([N+](=O)[O-])c(Cl)c1. The van der Waals surface area contributed by atoms with Crippen molar-refractivity contribution in [3.05, 3.63) is 81.0 Å². The smallest absolute Gasteiger partial charge is 0.287 e. The van der Waals surface area contributed by atoms with Gasteiger partial charge in [-0.3, -0.25) is 25.1 Å². The summed E-state index contributed by atoms with van der Waals surface area (Å²) < 4.78 is 0. The third-order valence-corrected chi connectivity index (χ3v) is 3.86. The maximum absolute atomic E-state index is 12.1. The highest BCUT2D eigenvalue weighted by Gasteiger charge is 2.15. The first-order chi connectivity index (χ1) is 12.8. The molecule has 0 saturated carbocycles. The van der Waals surface area contributed by atoms with Gasteiger partial charge in [-0.15, -0.1) is 0 Å². The van der Waals surface area contributed by atoms with Crippen molar-refractivity contribution in [3.8, 4) is 0 Å². The number of aryl methyl sites for hydroxylation is 1. The molecule has 0 aliphatic heterocycles. The van der Waals surface area contributed by atoms with Crippen molar-refractivity contribution < 1.29 is 14.5 Å². The Balaban J connectivity index is 1.87. The fourth-order valence-corrected chi connectivity index (χ4v) is 2.41. The Morgan fingerprint density at radius 3 is 2.52 bits per heavy atom. The van der Waals surface area contributed by atoms with E-state index < -0.39 is 10.8 Å². The second-order valence-electron chi connectivity index (χ2n) is 5.65. The van der Waals surface area contributed by atoms with Gasteiger partial charge in [-0.1, -0.05) is 36.4 Å². The fraction of sp³-hybridized carbons (Fsp3) is 0.111. The Hall–Kier alpha value is -3.39. The molecule has 9 heteroatoms. The van der Waals surface area contributed by atoms with Gasteiger partial charge in [0.1, 0.15) is 5.02 Å². The Bertz CT molecular complexity index is 914. The van der Waals surface area contributed by atoms with Gasteiger partial charge in [0.2, 0.25) is 5.91 Å². The third-order valence-electron chi connectivity index (χ3n) is 3.55. The van der Waals surface area contributed by atoms with Crippen molar-refractivity contribution in [2.45, 2.75) is 13.3 Å². The molecule has 3 N–H and O–H groups in total. The maximum Gasteiger partial charge on any atom is 0.287 e. The molecule has 2 aromatic carbocycles. The van der Waals surface area contributed by atoms with Gasteiger partial charge in [-0.05, 0) is 30.7 Å². The average Bonchev–Trinajstić information content (AvgIpc) is 2.61. The number of hydrogen-bond acceptors (Lipinski definition) is 5. The highest BCUT2D eigenvalue weighted by Crippen LogP contribution is 2.24. The third kappa shape index (κ3) is 5.55. The number of rotatable bonds is 7. The van der Waals surface area contributed by atoms with Crippen LogP contribution in [0.2, 0.25) is 5.02 Å². The lowest BCUT2D eigenvalue weighted by atomic mass is 10.2. The van der Waals surface area contributed by atoms with Crippen LogP contribution in [0.25, 0.3) is 0 Å². The van der Waals surface area contributed by atoms with Crippen molar-refractivity contribution in [3.63, 3.8) is 0 Å². The molecular weight excluding hydrogens is 372 g/mol. The molecule has 0 radical (unpaired) electrons. The first kappa shape index (κ1) is 19.9. The number of para-hydroxylation sites is 1. The molecule has 2 aromatic rings. The molecule has 0 spiro atoms. The Morgan fingerprint density at radius 2 is 1.89 bits per heavy atom. The summed E-state index contributed by atoms with van der Waals surface area (Å²) in [4.78, 5) is 34.2. The van der Waals surface area contributed by atoms with E-state index in [0.717, 1.165) is 11.6 Å². The lowest BCUT2D eigenvalue weighted by Gasteiger charge is -2.12. The highest BCUT2D eigenvalue weighted by molar-refractivity contribution is 6.33.